The van der Waals surface area contributed by atoms with Crippen LogP contribution in [0.15, 0.2) is 35.5 Å². The van der Waals surface area contributed by atoms with Crippen molar-refractivity contribution in [1.82, 2.24) is 15.3 Å². The van der Waals surface area contributed by atoms with Gasteiger partial charge in [0, 0.05) is 55.8 Å². The lowest BCUT2D eigenvalue weighted by molar-refractivity contribution is 0.122. The molecule has 2 fully saturated rings. The van der Waals surface area contributed by atoms with Gasteiger partial charge in [-0.25, -0.2) is 14.8 Å². The average Bonchev–Trinajstić information content (AvgIpc) is 3.30. The molecule has 0 spiro atoms. The minimum Gasteiger partial charge on any atom is -0.378 e. The summed E-state index contributed by atoms with van der Waals surface area (Å²) in [5.41, 5.74) is 3.14. The van der Waals surface area contributed by atoms with Crippen molar-refractivity contribution < 1.29 is 9.53 Å². The van der Waals surface area contributed by atoms with Crippen molar-refractivity contribution in [3.05, 3.63) is 36.3 Å². The SMILES string of the molecule is O=C(Nc1ccc(N2CCOCC2)cc1)NC1CCN(c2ncnc3c2SCC3)CC1. The van der Waals surface area contributed by atoms with Crippen LogP contribution in [0.3, 0.4) is 0 Å². The molecule has 8 nitrogen and oxygen atoms in total. The largest absolute Gasteiger partial charge is 0.378 e. The number of hydrogen-bond donors (Lipinski definition) is 2. The minimum atomic E-state index is -0.143. The van der Waals surface area contributed by atoms with E-state index in [2.05, 4.69) is 42.5 Å². The zero-order chi connectivity index (χ0) is 21.0. The quantitative estimate of drug-likeness (QED) is 0.756. The summed E-state index contributed by atoms with van der Waals surface area (Å²) < 4.78 is 5.40. The number of rotatable bonds is 4. The third-order valence-electron chi connectivity index (χ3n) is 6.08. The molecule has 0 atom stereocenters. The van der Waals surface area contributed by atoms with Gasteiger partial charge in [0.15, 0.2) is 0 Å². The number of nitrogens with zero attached hydrogens (tertiary/aromatic N) is 4. The second-order valence-corrected chi connectivity index (χ2v) is 9.18. The van der Waals surface area contributed by atoms with E-state index >= 15 is 0 Å². The number of anilines is 3. The number of hydrogen-bond acceptors (Lipinski definition) is 7. The number of morpholine rings is 1. The van der Waals surface area contributed by atoms with E-state index < -0.39 is 0 Å². The van der Waals surface area contributed by atoms with Crippen LogP contribution < -0.4 is 20.4 Å². The Morgan fingerprint density at radius 3 is 2.58 bits per heavy atom. The van der Waals surface area contributed by atoms with E-state index in [9.17, 15) is 4.79 Å². The number of ether oxygens (including phenoxy) is 1. The molecular formula is C22H28N6O2S. The van der Waals surface area contributed by atoms with E-state index in [4.69, 9.17) is 4.74 Å². The zero-order valence-corrected chi connectivity index (χ0v) is 18.4. The van der Waals surface area contributed by atoms with Crippen LogP contribution in [0.2, 0.25) is 0 Å². The molecule has 164 valence electrons. The normalized spacial score (nSPS) is 19.2. The maximum absolute atomic E-state index is 12.5. The molecule has 2 saturated heterocycles. The van der Waals surface area contributed by atoms with Gasteiger partial charge in [-0.2, -0.15) is 0 Å². The van der Waals surface area contributed by atoms with Crippen molar-refractivity contribution in [3.63, 3.8) is 0 Å². The summed E-state index contributed by atoms with van der Waals surface area (Å²) in [7, 11) is 0. The fraction of sp³-hybridized carbons (Fsp3) is 0.500. The lowest BCUT2D eigenvalue weighted by Gasteiger charge is -2.33. The number of fused-ring (bicyclic) bond motifs is 1. The molecule has 2 N–H and O–H groups in total. The second-order valence-electron chi connectivity index (χ2n) is 8.08. The number of carbonyl (C=O) groups is 1. The third-order valence-corrected chi connectivity index (χ3v) is 7.19. The molecular weight excluding hydrogens is 412 g/mol. The van der Waals surface area contributed by atoms with Gasteiger partial charge in [0.1, 0.15) is 12.1 Å². The summed E-state index contributed by atoms with van der Waals surface area (Å²) in [4.78, 5) is 27.3. The number of aryl methyl sites for hydroxylation is 1. The highest BCUT2D eigenvalue weighted by atomic mass is 32.2. The molecule has 4 heterocycles. The molecule has 1 aromatic heterocycles. The standard InChI is InChI=1S/C22H28N6O2S/c29-22(25-16-1-3-18(4-2-16)27-10-12-30-13-11-27)26-17-5-8-28(9-6-17)21-20-19(7-14-31-20)23-15-24-21/h1-4,15,17H,5-14H2,(H2,25,26,29). The Balaban J connectivity index is 1.11. The van der Waals surface area contributed by atoms with Crippen molar-refractivity contribution in [1.29, 1.82) is 0 Å². The Labute approximate surface area is 186 Å². The van der Waals surface area contributed by atoms with Gasteiger partial charge in [0.2, 0.25) is 0 Å². The van der Waals surface area contributed by atoms with Crippen LogP contribution in [-0.4, -0.2) is 67.2 Å². The number of benzene rings is 1. The van der Waals surface area contributed by atoms with Crippen LogP contribution in [0, 0.1) is 0 Å². The van der Waals surface area contributed by atoms with E-state index in [1.807, 2.05) is 23.9 Å². The Kier molecular flexibility index (Phi) is 6.13. The molecule has 3 aliphatic heterocycles. The molecule has 5 rings (SSSR count). The topological polar surface area (TPSA) is 82.6 Å². The predicted octanol–water partition coefficient (Wildman–Crippen LogP) is 2.75. The maximum Gasteiger partial charge on any atom is 0.319 e. The molecule has 31 heavy (non-hydrogen) atoms. The fourth-order valence-corrected chi connectivity index (χ4v) is 5.50. The zero-order valence-electron chi connectivity index (χ0n) is 17.5. The van der Waals surface area contributed by atoms with Crippen LogP contribution in [-0.2, 0) is 11.2 Å². The van der Waals surface area contributed by atoms with Gasteiger partial charge < -0.3 is 25.2 Å². The molecule has 0 bridgehead atoms. The highest BCUT2D eigenvalue weighted by molar-refractivity contribution is 7.99. The van der Waals surface area contributed by atoms with E-state index in [1.165, 1.54) is 10.6 Å². The lowest BCUT2D eigenvalue weighted by Crippen LogP contribution is -2.46. The second kappa shape index (κ2) is 9.32. The monoisotopic (exact) mass is 440 g/mol. The number of aromatic nitrogens is 2. The number of amides is 2. The molecule has 0 radical (unpaired) electrons. The van der Waals surface area contributed by atoms with E-state index in [0.717, 1.165) is 81.6 Å². The molecule has 2 amide bonds. The highest BCUT2D eigenvalue weighted by Gasteiger charge is 2.26. The third kappa shape index (κ3) is 4.72. The van der Waals surface area contributed by atoms with Crippen LogP contribution in [0.1, 0.15) is 18.5 Å². The first-order chi connectivity index (χ1) is 15.3. The van der Waals surface area contributed by atoms with Gasteiger partial charge in [-0.3, -0.25) is 0 Å². The first-order valence-electron chi connectivity index (χ1n) is 11.0. The van der Waals surface area contributed by atoms with Crippen molar-refractivity contribution in [3.8, 4) is 0 Å². The summed E-state index contributed by atoms with van der Waals surface area (Å²) in [6, 6.07) is 8.05. The number of piperidine rings is 1. The molecule has 2 aromatic rings. The van der Waals surface area contributed by atoms with Gasteiger partial charge >= 0.3 is 6.03 Å². The first kappa shape index (κ1) is 20.4. The molecule has 0 unspecified atom stereocenters. The lowest BCUT2D eigenvalue weighted by atomic mass is 10.1. The molecule has 9 heteroatoms. The Morgan fingerprint density at radius 1 is 1.03 bits per heavy atom. The molecule has 3 aliphatic rings. The van der Waals surface area contributed by atoms with Crippen LogP contribution in [0.25, 0.3) is 0 Å². The van der Waals surface area contributed by atoms with Crippen molar-refractivity contribution in [2.45, 2.75) is 30.2 Å². The Bertz CT molecular complexity index is 911. The number of urea groups is 1. The van der Waals surface area contributed by atoms with Gasteiger partial charge in [0.05, 0.1) is 23.8 Å². The van der Waals surface area contributed by atoms with Gasteiger partial charge in [-0.15, -0.1) is 11.8 Å². The van der Waals surface area contributed by atoms with Crippen LogP contribution in [0.5, 0.6) is 0 Å². The van der Waals surface area contributed by atoms with Gasteiger partial charge in [-0.1, -0.05) is 0 Å². The van der Waals surface area contributed by atoms with E-state index in [-0.39, 0.29) is 12.1 Å². The summed E-state index contributed by atoms with van der Waals surface area (Å²) in [5.74, 6) is 2.16. The summed E-state index contributed by atoms with van der Waals surface area (Å²) in [6.07, 6.45) is 4.53. The predicted molar refractivity (Wildman–Crippen MR) is 123 cm³/mol. The van der Waals surface area contributed by atoms with Crippen molar-refractivity contribution in [2.24, 2.45) is 0 Å². The number of carbonyl (C=O) groups excluding carboxylic acids is 1. The Morgan fingerprint density at radius 2 is 1.81 bits per heavy atom. The number of thioether (sulfide) groups is 1. The minimum absolute atomic E-state index is 0.143. The van der Waals surface area contributed by atoms with Gasteiger partial charge in [0.25, 0.3) is 0 Å². The van der Waals surface area contributed by atoms with Crippen molar-refractivity contribution in [2.75, 3.05) is 60.3 Å². The van der Waals surface area contributed by atoms with Crippen molar-refractivity contribution >= 4 is 35.0 Å². The Hall–Kier alpha value is -2.52. The van der Waals surface area contributed by atoms with Crippen LogP contribution in [0.4, 0.5) is 22.0 Å². The summed E-state index contributed by atoms with van der Waals surface area (Å²) in [5, 5.41) is 6.09. The maximum atomic E-state index is 12.5. The summed E-state index contributed by atoms with van der Waals surface area (Å²) >= 11 is 1.86. The van der Waals surface area contributed by atoms with E-state index in [1.54, 1.807) is 6.33 Å². The highest BCUT2D eigenvalue weighted by Crippen LogP contribution is 2.37. The molecule has 0 saturated carbocycles. The molecule has 1 aromatic carbocycles. The summed E-state index contributed by atoms with van der Waals surface area (Å²) in [6.45, 7) is 5.12. The first-order valence-corrected chi connectivity index (χ1v) is 12.0. The fourth-order valence-electron chi connectivity index (χ4n) is 4.37. The average molecular weight is 441 g/mol. The number of nitrogens with one attached hydrogen (secondary N) is 2. The smallest absolute Gasteiger partial charge is 0.319 e. The van der Waals surface area contributed by atoms with Crippen LogP contribution >= 0.6 is 11.8 Å². The van der Waals surface area contributed by atoms with Gasteiger partial charge in [-0.05, 0) is 37.1 Å². The molecule has 0 aliphatic carbocycles. The van der Waals surface area contributed by atoms with E-state index in [0.29, 0.717) is 0 Å².